The Morgan fingerprint density at radius 2 is 2.00 bits per heavy atom. The van der Waals surface area contributed by atoms with E-state index in [2.05, 4.69) is 23.0 Å². The highest BCUT2D eigenvalue weighted by molar-refractivity contribution is 5.83. The minimum absolute atomic E-state index is 0.0591. The number of rotatable bonds is 1. The molecule has 0 bridgehead atoms. The van der Waals surface area contributed by atoms with E-state index in [-0.39, 0.29) is 23.8 Å². The van der Waals surface area contributed by atoms with Gasteiger partial charge < -0.3 is 5.73 Å². The molecule has 3 unspecified atom stereocenters. The number of hydrogen-bond acceptors (Lipinski definition) is 3. The summed E-state index contributed by atoms with van der Waals surface area (Å²) in [5, 5.41) is 7.33. The van der Waals surface area contributed by atoms with Gasteiger partial charge in [-0.15, -0.1) is 0 Å². The Morgan fingerprint density at radius 3 is 2.75 bits per heavy atom. The van der Waals surface area contributed by atoms with E-state index in [0.29, 0.717) is 0 Å². The predicted octanol–water partition coefficient (Wildman–Crippen LogP) is -0.490. The van der Waals surface area contributed by atoms with Crippen LogP contribution >= 0.6 is 0 Å². The molecule has 1 aliphatic heterocycles. The highest BCUT2D eigenvalue weighted by Crippen LogP contribution is 2.20. The number of nitrogens with one attached hydrogen (secondary N) is 3. The van der Waals surface area contributed by atoms with Gasteiger partial charge in [0.25, 0.3) is 0 Å². The van der Waals surface area contributed by atoms with Crippen LogP contribution in [0, 0.1) is 11.3 Å². The van der Waals surface area contributed by atoms with E-state index in [9.17, 15) is 0 Å². The van der Waals surface area contributed by atoms with Crippen molar-refractivity contribution in [3.63, 3.8) is 0 Å². The average Bonchev–Trinajstić information content (AvgIpc) is 2.47. The van der Waals surface area contributed by atoms with Gasteiger partial charge in [-0.25, -0.2) is 10.9 Å². The minimum Gasteiger partial charge on any atom is -0.386 e. The molecule has 1 fully saturated rings. The Labute approximate surface area is 71.0 Å². The topological polar surface area (TPSA) is 73.9 Å². The molecule has 1 saturated heterocycles. The fraction of sp³-hybridized carbons (Fsp3) is 0.375. The molecule has 64 valence electrons. The summed E-state index contributed by atoms with van der Waals surface area (Å²) in [4.78, 5) is 0. The van der Waals surface area contributed by atoms with Gasteiger partial charge >= 0.3 is 0 Å². The normalized spacial score (nSPS) is 38.2. The third-order valence-electron chi connectivity index (χ3n) is 2.30. The largest absolute Gasteiger partial charge is 0.386 e. The molecule has 0 spiro atoms. The monoisotopic (exact) mass is 164 g/mol. The number of hydrogen-bond donors (Lipinski definition) is 4. The smallest absolute Gasteiger partial charge is 0.110 e. The van der Waals surface area contributed by atoms with Crippen LogP contribution in [0.1, 0.15) is 0 Å². The van der Waals surface area contributed by atoms with E-state index in [4.69, 9.17) is 11.1 Å². The van der Waals surface area contributed by atoms with Crippen LogP contribution in [0.2, 0.25) is 0 Å². The van der Waals surface area contributed by atoms with E-state index in [0.717, 1.165) is 0 Å². The molecule has 3 atom stereocenters. The Hall–Kier alpha value is -1.13. The zero-order valence-corrected chi connectivity index (χ0v) is 6.62. The van der Waals surface area contributed by atoms with Crippen molar-refractivity contribution in [2.24, 2.45) is 11.7 Å². The zero-order chi connectivity index (χ0) is 8.55. The molecule has 0 radical (unpaired) electrons. The van der Waals surface area contributed by atoms with Crippen LogP contribution in [0.25, 0.3) is 0 Å². The van der Waals surface area contributed by atoms with Gasteiger partial charge in [0.15, 0.2) is 0 Å². The Balaban J connectivity index is 2.18. The molecule has 0 aromatic rings. The van der Waals surface area contributed by atoms with Gasteiger partial charge in [0, 0.05) is 12.0 Å². The zero-order valence-electron chi connectivity index (χ0n) is 6.62. The first kappa shape index (κ1) is 7.52. The fourth-order valence-electron chi connectivity index (χ4n) is 1.65. The quantitative estimate of drug-likeness (QED) is 0.312. The van der Waals surface area contributed by atoms with Gasteiger partial charge in [-0.3, -0.25) is 5.41 Å². The van der Waals surface area contributed by atoms with E-state index >= 15 is 0 Å². The second-order valence-electron chi connectivity index (χ2n) is 3.09. The first-order valence-corrected chi connectivity index (χ1v) is 3.99. The molecule has 5 N–H and O–H groups in total. The summed E-state index contributed by atoms with van der Waals surface area (Å²) in [7, 11) is 0. The van der Waals surface area contributed by atoms with Gasteiger partial charge in [-0.05, 0) is 0 Å². The summed E-state index contributed by atoms with van der Waals surface area (Å²) in [5.74, 6) is 0.474. The summed E-state index contributed by atoms with van der Waals surface area (Å²) in [6, 6.07) is 0.222. The third kappa shape index (κ3) is 1.05. The highest BCUT2D eigenvalue weighted by Gasteiger charge is 2.34. The lowest BCUT2D eigenvalue weighted by Crippen LogP contribution is -2.42. The van der Waals surface area contributed by atoms with Gasteiger partial charge in [0.05, 0.1) is 6.04 Å². The molecule has 1 aliphatic carbocycles. The molecule has 0 aromatic carbocycles. The molecule has 0 saturated carbocycles. The SMILES string of the molecule is N=C(N)C1NNC2C=CC=CC21. The lowest BCUT2D eigenvalue weighted by Gasteiger charge is -2.17. The maximum absolute atomic E-state index is 7.33. The van der Waals surface area contributed by atoms with Gasteiger partial charge in [-0.1, -0.05) is 24.3 Å². The molecule has 1 heterocycles. The second kappa shape index (κ2) is 2.73. The molecule has 4 heteroatoms. The molecular weight excluding hydrogens is 152 g/mol. The molecule has 4 nitrogen and oxygen atoms in total. The number of fused-ring (bicyclic) bond motifs is 1. The first-order chi connectivity index (χ1) is 5.79. The van der Waals surface area contributed by atoms with Gasteiger partial charge in [0.1, 0.15) is 5.84 Å². The van der Waals surface area contributed by atoms with Gasteiger partial charge in [0.2, 0.25) is 0 Å². The van der Waals surface area contributed by atoms with E-state index < -0.39 is 0 Å². The second-order valence-corrected chi connectivity index (χ2v) is 3.09. The Morgan fingerprint density at radius 1 is 1.25 bits per heavy atom. The van der Waals surface area contributed by atoms with Crippen LogP contribution in [0.15, 0.2) is 24.3 Å². The summed E-state index contributed by atoms with van der Waals surface area (Å²) in [6.45, 7) is 0. The number of nitrogens with two attached hydrogens (primary N) is 1. The lowest BCUT2D eigenvalue weighted by atomic mass is 9.90. The van der Waals surface area contributed by atoms with Crippen molar-refractivity contribution in [3.8, 4) is 0 Å². The van der Waals surface area contributed by atoms with Gasteiger partial charge in [-0.2, -0.15) is 0 Å². The number of hydrazine groups is 1. The lowest BCUT2D eigenvalue weighted by molar-refractivity contribution is 0.601. The number of allylic oxidation sites excluding steroid dienone is 2. The summed E-state index contributed by atoms with van der Waals surface area (Å²) >= 11 is 0. The van der Waals surface area contributed by atoms with Crippen molar-refractivity contribution >= 4 is 5.84 Å². The summed E-state index contributed by atoms with van der Waals surface area (Å²) in [6.07, 6.45) is 8.13. The Bertz CT molecular complexity index is 256. The maximum atomic E-state index is 7.33. The fourth-order valence-corrected chi connectivity index (χ4v) is 1.65. The number of amidine groups is 1. The standard InChI is InChI=1S/C8H12N4/c9-8(10)7-5-3-1-2-4-6(5)11-12-7/h1-7,11-12H,(H3,9,10). The minimum atomic E-state index is -0.0591. The van der Waals surface area contributed by atoms with Crippen LogP contribution in [0.4, 0.5) is 0 Å². The molecular formula is C8H12N4. The molecule has 2 aliphatic rings. The Kier molecular flexibility index (Phi) is 1.71. The van der Waals surface area contributed by atoms with Crippen molar-refractivity contribution in [2.45, 2.75) is 12.1 Å². The average molecular weight is 164 g/mol. The van der Waals surface area contributed by atoms with Crippen molar-refractivity contribution in [3.05, 3.63) is 24.3 Å². The van der Waals surface area contributed by atoms with Crippen molar-refractivity contribution in [1.82, 2.24) is 10.9 Å². The first-order valence-electron chi connectivity index (χ1n) is 3.99. The summed E-state index contributed by atoms with van der Waals surface area (Å²) < 4.78 is 0. The van der Waals surface area contributed by atoms with E-state index in [1.807, 2.05) is 12.2 Å². The molecule has 2 rings (SSSR count). The van der Waals surface area contributed by atoms with Crippen LogP contribution in [0.5, 0.6) is 0 Å². The predicted molar refractivity (Wildman–Crippen MR) is 47.5 cm³/mol. The van der Waals surface area contributed by atoms with Crippen LogP contribution in [-0.4, -0.2) is 17.9 Å². The van der Waals surface area contributed by atoms with Crippen LogP contribution in [-0.2, 0) is 0 Å². The van der Waals surface area contributed by atoms with E-state index in [1.165, 1.54) is 0 Å². The van der Waals surface area contributed by atoms with Crippen molar-refractivity contribution in [1.29, 1.82) is 5.41 Å². The summed E-state index contributed by atoms with van der Waals surface area (Å²) in [5.41, 5.74) is 11.5. The van der Waals surface area contributed by atoms with E-state index in [1.54, 1.807) is 0 Å². The third-order valence-corrected chi connectivity index (χ3v) is 2.30. The van der Waals surface area contributed by atoms with Crippen LogP contribution < -0.4 is 16.6 Å². The van der Waals surface area contributed by atoms with Crippen LogP contribution in [0.3, 0.4) is 0 Å². The molecule has 0 aromatic heterocycles. The molecule has 12 heavy (non-hydrogen) atoms. The van der Waals surface area contributed by atoms with Crippen molar-refractivity contribution < 1.29 is 0 Å². The maximum Gasteiger partial charge on any atom is 0.110 e. The van der Waals surface area contributed by atoms with Crippen molar-refractivity contribution in [2.75, 3.05) is 0 Å². The molecule has 0 amide bonds. The highest BCUT2D eigenvalue weighted by atomic mass is 15.4.